The molecule has 1 heterocycles. The molecule has 0 radical (unpaired) electrons. The monoisotopic (exact) mass is 381 g/mol. The lowest BCUT2D eigenvalue weighted by Crippen LogP contribution is -2.14. The fraction of sp³-hybridized carbons (Fsp3) is 0.0526. The van der Waals surface area contributed by atoms with Crippen LogP contribution in [0.4, 0.5) is 17.1 Å². The summed E-state index contributed by atoms with van der Waals surface area (Å²) < 4.78 is 0.846. The van der Waals surface area contributed by atoms with Crippen molar-refractivity contribution in [3.63, 3.8) is 0 Å². The van der Waals surface area contributed by atoms with E-state index in [2.05, 4.69) is 31.5 Å². The Morgan fingerprint density at radius 1 is 1.00 bits per heavy atom. The number of aromatic nitrogens is 1. The van der Waals surface area contributed by atoms with Crippen molar-refractivity contribution in [2.75, 3.05) is 10.6 Å². The minimum absolute atomic E-state index is 0.245. The highest BCUT2D eigenvalue weighted by atomic mass is 79.9. The molecule has 0 aliphatic heterocycles. The smallest absolute Gasteiger partial charge is 0.274 e. The van der Waals surface area contributed by atoms with Gasteiger partial charge < -0.3 is 10.6 Å². The number of aryl methyl sites for hydroxylation is 1. The van der Waals surface area contributed by atoms with Crippen LogP contribution >= 0.6 is 15.9 Å². The third-order valence-corrected chi connectivity index (χ3v) is 4.09. The van der Waals surface area contributed by atoms with Crippen LogP contribution in [0.2, 0.25) is 0 Å². The predicted octanol–water partition coefficient (Wildman–Crippen LogP) is 5.15. The summed E-state index contributed by atoms with van der Waals surface area (Å²) in [6, 6.07) is 19.1. The number of carbonyl (C=O) groups is 1. The second kappa shape index (κ2) is 7.27. The summed E-state index contributed by atoms with van der Waals surface area (Å²) in [6.45, 7) is 2.00. The van der Waals surface area contributed by atoms with E-state index in [1.807, 2.05) is 61.5 Å². The number of nitrogens with zero attached hydrogens (tertiary/aromatic N) is 1. The van der Waals surface area contributed by atoms with E-state index in [1.54, 1.807) is 12.3 Å². The first-order valence-corrected chi connectivity index (χ1v) is 8.27. The first kappa shape index (κ1) is 16.2. The zero-order valence-corrected chi connectivity index (χ0v) is 14.7. The average Bonchev–Trinajstić information content (AvgIpc) is 2.59. The molecule has 120 valence electrons. The van der Waals surface area contributed by atoms with E-state index in [0.29, 0.717) is 5.69 Å². The molecule has 1 aromatic heterocycles. The van der Waals surface area contributed by atoms with E-state index in [4.69, 9.17) is 0 Å². The Morgan fingerprint density at radius 2 is 1.79 bits per heavy atom. The molecule has 0 spiro atoms. The van der Waals surface area contributed by atoms with Crippen LogP contribution in [-0.2, 0) is 0 Å². The van der Waals surface area contributed by atoms with Crippen LogP contribution in [0.15, 0.2) is 71.3 Å². The molecule has 0 aliphatic carbocycles. The zero-order chi connectivity index (χ0) is 16.9. The van der Waals surface area contributed by atoms with Gasteiger partial charge in [0.05, 0.1) is 17.6 Å². The molecule has 4 nitrogen and oxygen atoms in total. The van der Waals surface area contributed by atoms with Crippen LogP contribution in [0.3, 0.4) is 0 Å². The maximum atomic E-state index is 12.3. The van der Waals surface area contributed by atoms with Crippen molar-refractivity contribution in [3.05, 3.63) is 82.6 Å². The van der Waals surface area contributed by atoms with E-state index in [-0.39, 0.29) is 5.91 Å². The SMILES string of the molecule is Cc1ccc(NC(=O)c2ccc(Nc3ccccc3)cn2)c(Br)c1. The first-order valence-electron chi connectivity index (χ1n) is 7.47. The Balaban J connectivity index is 1.69. The minimum atomic E-state index is -0.245. The second-order valence-electron chi connectivity index (χ2n) is 5.36. The van der Waals surface area contributed by atoms with E-state index in [0.717, 1.165) is 27.1 Å². The van der Waals surface area contributed by atoms with Crippen LogP contribution in [-0.4, -0.2) is 10.9 Å². The Hall–Kier alpha value is -2.66. The molecule has 2 aromatic carbocycles. The number of rotatable bonds is 4. The van der Waals surface area contributed by atoms with Gasteiger partial charge in [-0.3, -0.25) is 4.79 Å². The van der Waals surface area contributed by atoms with Crippen LogP contribution in [0.1, 0.15) is 16.1 Å². The lowest BCUT2D eigenvalue weighted by atomic mass is 10.2. The van der Waals surface area contributed by atoms with Gasteiger partial charge in [-0.25, -0.2) is 4.98 Å². The van der Waals surface area contributed by atoms with Gasteiger partial charge in [0, 0.05) is 10.2 Å². The van der Waals surface area contributed by atoms with Crippen LogP contribution < -0.4 is 10.6 Å². The zero-order valence-electron chi connectivity index (χ0n) is 13.1. The van der Waals surface area contributed by atoms with Gasteiger partial charge in [-0.1, -0.05) is 24.3 Å². The Morgan fingerprint density at radius 3 is 2.46 bits per heavy atom. The van der Waals surface area contributed by atoms with E-state index in [1.165, 1.54) is 0 Å². The lowest BCUT2D eigenvalue weighted by molar-refractivity contribution is 0.102. The number of amides is 1. The largest absolute Gasteiger partial charge is 0.354 e. The molecule has 0 saturated heterocycles. The summed E-state index contributed by atoms with van der Waals surface area (Å²) in [5, 5.41) is 6.09. The van der Waals surface area contributed by atoms with Gasteiger partial charge >= 0.3 is 0 Å². The quantitative estimate of drug-likeness (QED) is 0.656. The molecular weight excluding hydrogens is 366 g/mol. The third kappa shape index (κ3) is 4.00. The average molecular weight is 382 g/mol. The van der Waals surface area contributed by atoms with Gasteiger partial charge in [-0.2, -0.15) is 0 Å². The number of anilines is 3. The summed E-state index contributed by atoms with van der Waals surface area (Å²) in [5.41, 5.74) is 4.00. The minimum Gasteiger partial charge on any atom is -0.354 e. The summed E-state index contributed by atoms with van der Waals surface area (Å²) in [5.74, 6) is -0.245. The topological polar surface area (TPSA) is 54.0 Å². The number of nitrogens with one attached hydrogen (secondary N) is 2. The highest BCUT2D eigenvalue weighted by Gasteiger charge is 2.10. The molecule has 0 saturated carbocycles. The van der Waals surface area contributed by atoms with Crippen molar-refractivity contribution in [3.8, 4) is 0 Å². The van der Waals surface area contributed by atoms with Crippen molar-refractivity contribution in [1.29, 1.82) is 0 Å². The maximum Gasteiger partial charge on any atom is 0.274 e. The number of halogens is 1. The first-order chi connectivity index (χ1) is 11.6. The van der Waals surface area contributed by atoms with E-state index in [9.17, 15) is 4.79 Å². The summed E-state index contributed by atoms with van der Waals surface area (Å²) in [7, 11) is 0. The van der Waals surface area contributed by atoms with Crippen molar-refractivity contribution < 1.29 is 4.79 Å². The number of hydrogen-bond donors (Lipinski definition) is 2. The Bertz CT molecular complexity index is 848. The van der Waals surface area contributed by atoms with Crippen LogP contribution in [0.5, 0.6) is 0 Å². The van der Waals surface area contributed by atoms with Gasteiger partial charge in [-0.15, -0.1) is 0 Å². The number of hydrogen-bond acceptors (Lipinski definition) is 3. The highest BCUT2D eigenvalue weighted by Crippen LogP contribution is 2.24. The van der Waals surface area contributed by atoms with E-state index < -0.39 is 0 Å². The predicted molar refractivity (Wildman–Crippen MR) is 101 cm³/mol. The third-order valence-electron chi connectivity index (χ3n) is 3.43. The van der Waals surface area contributed by atoms with Gasteiger partial charge in [0.2, 0.25) is 0 Å². The Labute approximate surface area is 149 Å². The molecule has 0 fully saturated rings. The van der Waals surface area contributed by atoms with E-state index >= 15 is 0 Å². The van der Waals surface area contributed by atoms with Crippen molar-refractivity contribution in [2.24, 2.45) is 0 Å². The summed E-state index contributed by atoms with van der Waals surface area (Å²) >= 11 is 3.45. The molecule has 24 heavy (non-hydrogen) atoms. The molecule has 0 bridgehead atoms. The molecule has 3 rings (SSSR count). The normalized spacial score (nSPS) is 10.2. The molecule has 0 unspecified atom stereocenters. The highest BCUT2D eigenvalue weighted by molar-refractivity contribution is 9.10. The van der Waals surface area contributed by atoms with Crippen LogP contribution in [0.25, 0.3) is 0 Å². The van der Waals surface area contributed by atoms with Crippen molar-refractivity contribution in [1.82, 2.24) is 4.98 Å². The fourth-order valence-electron chi connectivity index (χ4n) is 2.20. The molecular formula is C19H16BrN3O. The van der Waals surface area contributed by atoms with Gasteiger partial charge in [0.1, 0.15) is 5.69 Å². The molecule has 0 atom stereocenters. The molecule has 3 aromatic rings. The molecule has 0 aliphatic rings. The van der Waals surface area contributed by atoms with Crippen molar-refractivity contribution in [2.45, 2.75) is 6.92 Å². The number of para-hydroxylation sites is 1. The molecule has 1 amide bonds. The maximum absolute atomic E-state index is 12.3. The Kier molecular flexibility index (Phi) is 4.91. The molecule has 5 heteroatoms. The van der Waals surface area contributed by atoms with Crippen LogP contribution in [0, 0.1) is 6.92 Å². The summed E-state index contributed by atoms with van der Waals surface area (Å²) in [4.78, 5) is 16.5. The summed E-state index contributed by atoms with van der Waals surface area (Å²) in [6.07, 6.45) is 1.64. The molecule has 2 N–H and O–H groups in total. The van der Waals surface area contributed by atoms with Gasteiger partial charge in [0.15, 0.2) is 0 Å². The van der Waals surface area contributed by atoms with Gasteiger partial charge in [0.25, 0.3) is 5.91 Å². The van der Waals surface area contributed by atoms with Gasteiger partial charge in [-0.05, 0) is 64.8 Å². The van der Waals surface area contributed by atoms with Crippen molar-refractivity contribution >= 4 is 38.9 Å². The fourth-order valence-corrected chi connectivity index (χ4v) is 2.79. The number of carbonyl (C=O) groups excluding carboxylic acids is 1. The number of pyridine rings is 1. The second-order valence-corrected chi connectivity index (χ2v) is 6.21. The number of benzene rings is 2. The standard InChI is InChI=1S/C19H16BrN3O/c1-13-7-9-17(16(20)11-13)23-19(24)18-10-8-15(12-21-18)22-14-5-3-2-4-6-14/h2-12,22H,1H3,(H,23,24). The lowest BCUT2D eigenvalue weighted by Gasteiger charge is -2.09.